The topological polar surface area (TPSA) is 44.4 Å². The molecule has 0 unspecified atom stereocenters. The van der Waals surface area contributed by atoms with Crippen LogP contribution in [-0.4, -0.2) is 50.1 Å². The van der Waals surface area contributed by atoms with E-state index in [0.717, 1.165) is 58.5 Å². The molecule has 1 aliphatic heterocycles. The first-order chi connectivity index (χ1) is 10.7. The number of carbonyl (C=O) groups is 1. The van der Waals surface area contributed by atoms with Gasteiger partial charge in [0.1, 0.15) is 0 Å². The molecule has 1 aromatic rings. The monoisotopic (exact) mass is 339 g/mol. The highest BCUT2D eigenvalue weighted by Crippen LogP contribution is 2.08. The van der Waals surface area contributed by atoms with Crippen LogP contribution in [0.2, 0.25) is 0 Å². The first-order valence-corrected chi connectivity index (χ1v) is 8.49. The predicted octanol–water partition coefficient (Wildman–Crippen LogP) is 2.15. The van der Waals surface area contributed by atoms with E-state index in [1.807, 2.05) is 0 Å². The van der Waals surface area contributed by atoms with Gasteiger partial charge in [0, 0.05) is 45.7 Å². The van der Waals surface area contributed by atoms with Crippen molar-refractivity contribution in [3.63, 3.8) is 0 Å². The summed E-state index contributed by atoms with van der Waals surface area (Å²) in [6, 6.07) is 8.67. The molecule has 5 heteroatoms. The number of aryl methyl sites for hydroxylation is 2. The summed E-state index contributed by atoms with van der Waals surface area (Å²) in [6.07, 6.45) is 3.75. The molecule has 0 atom stereocenters. The third kappa shape index (κ3) is 8.35. The van der Waals surface area contributed by atoms with Crippen molar-refractivity contribution >= 4 is 18.3 Å². The van der Waals surface area contributed by atoms with Gasteiger partial charge < -0.3 is 10.6 Å². The van der Waals surface area contributed by atoms with Crippen LogP contribution in [0.5, 0.6) is 0 Å². The van der Waals surface area contributed by atoms with Crippen LogP contribution in [0.25, 0.3) is 0 Å². The molecule has 2 N–H and O–H groups in total. The van der Waals surface area contributed by atoms with Gasteiger partial charge in [-0.15, -0.1) is 12.4 Å². The summed E-state index contributed by atoms with van der Waals surface area (Å²) in [5.41, 5.74) is 2.66. The molecule has 0 radical (unpaired) electrons. The van der Waals surface area contributed by atoms with E-state index in [2.05, 4.69) is 46.7 Å². The van der Waals surface area contributed by atoms with E-state index in [9.17, 15) is 4.79 Å². The smallest absolute Gasteiger partial charge is 0.220 e. The van der Waals surface area contributed by atoms with Crippen molar-refractivity contribution in [2.24, 2.45) is 0 Å². The molecule has 130 valence electrons. The number of nitrogens with zero attached hydrogens (tertiary/aromatic N) is 1. The summed E-state index contributed by atoms with van der Waals surface area (Å²) in [6.45, 7) is 8.15. The lowest BCUT2D eigenvalue weighted by Gasteiger charge is -2.27. The molecule has 1 aliphatic rings. The number of hydrogen-bond donors (Lipinski definition) is 2. The summed E-state index contributed by atoms with van der Waals surface area (Å²) in [7, 11) is 0. The number of halogens is 1. The molecule has 23 heavy (non-hydrogen) atoms. The molecule has 2 rings (SSSR count). The van der Waals surface area contributed by atoms with Gasteiger partial charge in [-0.25, -0.2) is 0 Å². The quantitative estimate of drug-likeness (QED) is 0.713. The Bertz CT molecular complexity index is 444. The number of unbranched alkanes of at least 4 members (excludes halogenated alkanes) is 1. The van der Waals surface area contributed by atoms with Crippen LogP contribution in [-0.2, 0) is 11.2 Å². The lowest BCUT2D eigenvalue weighted by molar-refractivity contribution is -0.121. The summed E-state index contributed by atoms with van der Waals surface area (Å²) in [4.78, 5) is 14.2. The van der Waals surface area contributed by atoms with Crippen LogP contribution in [0, 0.1) is 6.92 Å². The molecule has 4 nitrogen and oxygen atoms in total. The number of hydrogen-bond acceptors (Lipinski definition) is 3. The van der Waals surface area contributed by atoms with Gasteiger partial charge >= 0.3 is 0 Å². The van der Waals surface area contributed by atoms with E-state index in [4.69, 9.17) is 0 Å². The first kappa shape index (κ1) is 19.9. The zero-order valence-corrected chi connectivity index (χ0v) is 15.0. The molecule has 0 aliphatic carbocycles. The van der Waals surface area contributed by atoms with Crippen molar-refractivity contribution in [1.82, 2.24) is 15.5 Å². The van der Waals surface area contributed by atoms with Crippen LogP contribution < -0.4 is 10.6 Å². The van der Waals surface area contributed by atoms with Crippen LogP contribution in [0.15, 0.2) is 24.3 Å². The highest BCUT2D eigenvalue weighted by atomic mass is 35.5. The minimum absolute atomic E-state index is 0. The van der Waals surface area contributed by atoms with Gasteiger partial charge in [0.25, 0.3) is 0 Å². The van der Waals surface area contributed by atoms with Crippen LogP contribution in [0.4, 0.5) is 0 Å². The molecule has 0 bridgehead atoms. The second-order valence-corrected chi connectivity index (χ2v) is 6.13. The van der Waals surface area contributed by atoms with Gasteiger partial charge in [-0.3, -0.25) is 9.69 Å². The number of rotatable bonds is 8. The fourth-order valence-corrected chi connectivity index (χ4v) is 2.75. The Balaban J connectivity index is 0.00000264. The molecule has 1 amide bonds. The average Bonchev–Trinajstić information content (AvgIpc) is 2.54. The number of amides is 1. The fourth-order valence-electron chi connectivity index (χ4n) is 2.75. The zero-order valence-electron chi connectivity index (χ0n) is 14.1. The minimum atomic E-state index is 0. The third-order valence-corrected chi connectivity index (χ3v) is 4.20. The average molecular weight is 340 g/mol. The summed E-state index contributed by atoms with van der Waals surface area (Å²) in [5, 5.41) is 6.37. The van der Waals surface area contributed by atoms with Gasteiger partial charge in [-0.1, -0.05) is 29.8 Å². The van der Waals surface area contributed by atoms with E-state index in [-0.39, 0.29) is 18.3 Å². The van der Waals surface area contributed by atoms with Crippen LogP contribution in [0.3, 0.4) is 0 Å². The molecule has 1 fully saturated rings. The molecule has 1 saturated heterocycles. The standard InChI is InChI=1S/C18H29N3O.ClH/c1-16-6-8-17(9-7-16)4-2-3-5-18(22)20-12-15-21-13-10-19-11-14-21;/h6-9,19H,2-5,10-15H2,1H3,(H,20,22);1H. The predicted molar refractivity (Wildman–Crippen MR) is 98.3 cm³/mol. The normalized spacial score (nSPS) is 15.0. The number of nitrogens with one attached hydrogen (secondary N) is 2. The Morgan fingerprint density at radius 2 is 1.87 bits per heavy atom. The Labute approximate surface area is 146 Å². The number of carbonyl (C=O) groups excluding carboxylic acids is 1. The van der Waals surface area contributed by atoms with Crippen molar-refractivity contribution in [3.8, 4) is 0 Å². The van der Waals surface area contributed by atoms with Gasteiger partial charge in [-0.05, 0) is 31.7 Å². The van der Waals surface area contributed by atoms with Crippen molar-refractivity contribution in [1.29, 1.82) is 0 Å². The second-order valence-electron chi connectivity index (χ2n) is 6.13. The molecule has 1 aromatic carbocycles. The maximum Gasteiger partial charge on any atom is 0.220 e. The van der Waals surface area contributed by atoms with Crippen molar-refractivity contribution in [3.05, 3.63) is 35.4 Å². The van der Waals surface area contributed by atoms with E-state index in [1.54, 1.807) is 0 Å². The van der Waals surface area contributed by atoms with Crippen molar-refractivity contribution < 1.29 is 4.79 Å². The largest absolute Gasteiger partial charge is 0.355 e. The molecular formula is C18H30ClN3O. The molecular weight excluding hydrogens is 310 g/mol. The summed E-state index contributed by atoms with van der Waals surface area (Å²) >= 11 is 0. The minimum Gasteiger partial charge on any atom is -0.355 e. The van der Waals surface area contributed by atoms with Gasteiger partial charge in [0.05, 0.1) is 0 Å². The van der Waals surface area contributed by atoms with Crippen LogP contribution in [0.1, 0.15) is 30.4 Å². The van der Waals surface area contributed by atoms with Gasteiger partial charge in [0.2, 0.25) is 5.91 Å². The highest BCUT2D eigenvalue weighted by molar-refractivity contribution is 5.85. The number of piperazine rings is 1. The Morgan fingerprint density at radius 1 is 1.17 bits per heavy atom. The van der Waals surface area contributed by atoms with E-state index in [0.29, 0.717) is 6.42 Å². The fraction of sp³-hybridized carbons (Fsp3) is 0.611. The van der Waals surface area contributed by atoms with Crippen molar-refractivity contribution in [2.45, 2.75) is 32.6 Å². The Hall–Kier alpha value is -1.10. The van der Waals surface area contributed by atoms with Gasteiger partial charge in [-0.2, -0.15) is 0 Å². The zero-order chi connectivity index (χ0) is 15.6. The Kier molecular flexibility index (Phi) is 9.92. The Morgan fingerprint density at radius 3 is 2.57 bits per heavy atom. The third-order valence-electron chi connectivity index (χ3n) is 4.20. The van der Waals surface area contributed by atoms with E-state index >= 15 is 0 Å². The van der Waals surface area contributed by atoms with E-state index < -0.39 is 0 Å². The molecule has 0 spiro atoms. The molecule has 0 saturated carbocycles. The van der Waals surface area contributed by atoms with Crippen LogP contribution >= 0.6 is 12.4 Å². The SMILES string of the molecule is Cc1ccc(CCCCC(=O)NCCN2CCNCC2)cc1.Cl. The highest BCUT2D eigenvalue weighted by Gasteiger charge is 2.09. The number of benzene rings is 1. The first-order valence-electron chi connectivity index (χ1n) is 8.49. The summed E-state index contributed by atoms with van der Waals surface area (Å²) in [5.74, 6) is 0.194. The maximum atomic E-state index is 11.8. The summed E-state index contributed by atoms with van der Waals surface area (Å²) < 4.78 is 0. The van der Waals surface area contributed by atoms with Crippen molar-refractivity contribution in [2.75, 3.05) is 39.3 Å². The lowest BCUT2D eigenvalue weighted by atomic mass is 10.1. The molecule has 0 aromatic heterocycles. The second kappa shape index (κ2) is 11.4. The lowest BCUT2D eigenvalue weighted by Crippen LogP contribution is -2.46. The van der Waals surface area contributed by atoms with E-state index in [1.165, 1.54) is 11.1 Å². The van der Waals surface area contributed by atoms with Gasteiger partial charge in [0.15, 0.2) is 0 Å². The molecule has 1 heterocycles. The maximum absolute atomic E-state index is 11.8.